The summed E-state index contributed by atoms with van der Waals surface area (Å²) >= 11 is 17.1. The predicted octanol–water partition coefficient (Wildman–Crippen LogP) is 5.06. The van der Waals surface area contributed by atoms with Gasteiger partial charge in [-0.2, -0.15) is 0 Å². The van der Waals surface area contributed by atoms with Crippen LogP contribution >= 0.6 is 35.8 Å². The second kappa shape index (κ2) is 5.76. The summed E-state index contributed by atoms with van der Waals surface area (Å²) in [5.41, 5.74) is 3.93. The van der Waals surface area contributed by atoms with Gasteiger partial charge < -0.3 is 4.90 Å². The zero-order valence-corrected chi connectivity index (χ0v) is 13.8. The topological polar surface area (TPSA) is 3.24 Å². The number of hydrogen-bond acceptors (Lipinski definition) is 2. The van der Waals surface area contributed by atoms with Crippen LogP contribution in [-0.2, 0) is 6.54 Å². The van der Waals surface area contributed by atoms with Gasteiger partial charge in [-0.1, -0.05) is 34.9 Å². The van der Waals surface area contributed by atoms with E-state index in [2.05, 4.69) is 42.8 Å². The average molecular weight is 326 g/mol. The highest BCUT2D eigenvalue weighted by molar-refractivity contribution is 7.84. The van der Waals surface area contributed by atoms with Gasteiger partial charge in [0, 0.05) is 29.1 Å². The molecule has 4 heteroatoms. The van der Waals surface area contributed by atoms with Gasteiger partial charge in [0.2, 0.25) is 0 Å². The molecular weight excluding hydrogens is 309 g/mol. The molecule has 0 N–H and O–H groups in total. The summed E-state index contributed by atoms with van der Waals surface area (Å²) in [4.78, 5) is 3.39. The Morgan fingerprint density at radius 3 is 2.85 bits per heavy atom. The van der Waals surface area contributed by atoms with E-state index >= 15 is 0 Å². The van der Waals surface area contributed by atoms with Gasteiger partial charge in [-0.3, -0.25) is 0 Å². The smallest absolute Gasteiger partial charge is 0.0468 e. The number of benzene rings is 1. The SMILES string of the molecule is CN1Cc2c(Cl)cc(Cl)cc2[C@H](C2=CC(S)=CCC2)C1. The Morgan fingerprint density at radius 1 is 1.30 bits per heavy atom. The highest BCUT2D eigenvalue weighted by Gasteiger charge is 2.28. The van der Waals surface area contributed by atoms with Gasteiger partial charge in [0.1, 0.15) is 0 Å². The number of thiol groups is 1. The number of likely N-dealkylation sites (N-methyl/N-ethyl adjacent to an activating group) is 1. The molecule has 0 radical (unpaired) electrons. The molecule has 0 spiro atoms. The van der Waals surface area contributed by atoms with E-state index < -0.39 is 0 Å². The fourth-order valence-corrected chi connectivity index (χ4v) is 4.01. The summed E-state index contributed by atoms with van der Waals surface area (Å²) in [6.07, 6.45) is 6.53. The van der Waals surface area contributed by atoms with Crippen LogP contribution in [0.25, 0.3) is 0 Å². The minimum Gasteiger partial charge on any atom is -0.301 e. The minimum atomic E-state index is 0.371. The van der Waals surface area contributed by atoms with Gasteiger partial charge in [-0.25, -0.2) is 0 Å². The number of nitrogens with zero attached hydrogens (tertiary/aromatic N) is 1. The third-order valence-electron chi connectivity index (χ3n) is 4.06. The van der Waals surface area contributed by atoms with E-state index in [1.54, 1.807) is 0 Å². The molecule has 1 aromatic carbocycles. The van der Waals surface area contributed by atoms with Crippen molar-refractivity contribution in [1.29, 1.82) is 0 Å². The van der Waals surface area contributed by atoms with Crippen LogP contribution in [0.1, 0.15) is 29.9 Å². The van der Waals surface area contributed by atoms with Crippen LogP contribution < -0.4 is 0 Å². The van der Waals surface area contributed by atoms with Crippen molar-refractivity contribution in [3.63, 3.8) is 0 Å². The van der Waals surface area contributed by atoms with E-state index in [9.17, 15) is 0 Å². The standard InChI is InChI=1S/C16H17Cl2NS/c1-19-8-14(10-3-2-4-12(20)5-10)13-6-11(17)7-16(18)15(13)9-19/h4-7,14,20H,2-3,8-9H2,1H3/t14-/m0/s1. The summed E-state index contributed by atoms with van der Waals surface area (Å²) < 4.78 is 0. The Kier molecular flexibility index (Phi) is 4.19. The number of fused-ring (bicyclic) bond motifs is 1. The molecule has 3 rings (SSSR count). The van der Waals surface area contributed by atoms with E-state index in [-0.39, 0.29) is 0 Å². The molecule has 0 bridgehead atoms. The predicted molar refractivity (Wildman–Crippen MR) is 89.9 cm³/mol. The number of hydrogen-bond donors (Lipinski definition) is 1. The molecule has 0 unspecified atom stereocenters. The van der Waals surface area contributed by atoms with Crippen molar-refractivity contribution in [3.8, 4) is 0 Å². The Labute approximate surface area is 135 Å². The maximum absolute atomic E-state index is 6.39. The maximum atomic E-state index is 6.39. The highest BCUT2D eigenvalue weighted by Crippen LogP contribution is 2.41. The summed E-state index contributed by atoms with van der Waals surface area (Å²) in [7, 11) is 2.14. The lowest BCUT2D eigenvalue weighted by Gasteiger charge is -2.35. The zero-order chi connectivity index (χ0) is 14.3. The molecule has 20 heavy (non-hydrogen) atoms. The van der Waals surface area contributed by atoms with Gasteiger partial charge in [0.05, 0.1) is 0 Å². The molecule has 1 heterocycles. The van der Waals surface area contributed by atoms with Crippen molar-refractivity contribution < 1.29 is 0 Å². The lowest BCUT2D eigenvalue weighted by atomic mass is 9.81. The Bertz CT molecular complexity index is 607. The molecule has 0 saturated carbocycles. The fourth-order valence-electron chi connectivity index (χ4n) is 3.15. The molecule has 0 fully saturated rings. The van der Waals surface area contributed by atoms with Crippen LogP contribution in [0.5, 0.6) is 0 Å². The molecule has 1 aromatic rings. The van der Waals surface area contributed by atoms with E-state index in [4.69, 9.17) is 23.2 Å². The van der Waals surface area contributed by atoms with E-state index in [1.165, 1.54) is 16.7 Å². The van der Waals surface area contributed by atoms with Crippen LogP contribution in [-0.4, -0.2) is 18.5 Å². The summed E-state index contributed by atoms with van der Waals surface area (Å²) in [5.74, 6) is 0.371. The van der Waals surface area contributed by atoms with Gasteiger partial charge in [-0.15, -0.1) is 12.6 Å². The van der Waals surface area contributed by atoms with Crippen molar-refractivity contribution in [1.82, 2.24) is 4.90 Å². The zero-order valence-electron chi connectivity index (χ0n) is 11.4. The molecule has 2 aliphatic rings. The fraction of sp³-hybridized carbons (Fsp3) is 0.375. The first kappa shape index (κ1) is 14.5. The van der Waals surface area contributed by atoms with E-state index in [0.29, 0.717) is 5.92 Å². The largest absolute Gasteiger partial charge is 0.301 e. The first-order valence-electron chi connectivity index (χ1n) is 6.80. The third-order valence-corrected chi connectivity index (χ3v) is 4.93. The summed E-state index contributed by atoms with van der Waals surface area (Å²) in [6.45, 7) is 1.90. The second-order valence-electron chi connectivity index (χ2n) is 5.59. The van der Waals surface area contributed by atoms with Crippen LogP contribution in [0.4, 0.5) is 0 Å². The van der Waals surface area contributed by atoms with Gasteiger partial charge >= 0.3 is 0 Å². The molecule has 1 aliphatic heterocycles. The van der Waals surface area contributed by atoms with E-state index in [0.717, 1.165) is 40.9 Å². The average Bonchev–Trinajstić information content (AvgIpc) is 2.39. The van der Waals surface area contributed by atoms with Crippen LogP contribution in [0.15, 0.2) is 34.8 Å². The molecule has 0 amide bonds. The quantitative estimate of drug-likeness (QED) is 0.706. The van der Waals surface area contributed by atoms with Gasteiger partial charge in [0.25, 0.3) is 0 Å². The Morgan fingerprint density at radius 2 is 2.10 bits per heavy atom. The first-order chi connectivity index (χ1) is 9.54. The van der Waals surface area contributed by atoms with Crippen molar-refractivity contribution in [2.24, 2.45) is 0 Å². The normalized spacial score (nSPS) is 23.1. The lowest BCUT2D eigenvalue weighted by Crippen LogP contribution is -2.31. The minimum absolute atomic E-state index is 0.371. The van der Waals surface area contributed by atoms with Crippen LogP contribution in [0.3, 0.4) is 0 Å². The molecule has 0 aromatic heterocycles. The summed E-state index contributed by atoms with van der Waals surface area (Å²) in [5, 5.41) is 1.50. The second-order valence-corrected chi connectivity index (χ2v) is 6.95. The first-order valence-corrected chi connectivity index (χ1v) is 8.01. The highest BCUT2D eigenvalue weighted by atomic mass is 35.5. The van der Waals surface area contributed by atoms with Crippen LogP contribution in [0, 0.1) is 0 Å². The van der Waals surface area contributed by atoms with Crippen molar-refractivity contribution >= 4 is 35.8 Å². The van der Waals surface area contributed by atoms with Crippen molar-refractivity contribution in [2.45, 2.75) is 25.3 Å². The molecule has 0 saturated heterocycles. The number of allylic oxidation sites excluding steroid dienone is 2. The van der Waals surface area contributed by atoms with Crippen molar-refractivity contribution in [2.75, 3.05) is 13.6 Å². The molecule has 1 atom stereocenters. The van der Waals surface area contributed by atoms with Gasteiger partial charge in [-0.05, 0) is 54.1 Å². The molecule has 106 valence electrons. The lowest BCUT2D eigenvalue weighted by molar-refractivity contribution is 0.292. The number of rotatable bonds is 1. The van der Waals surface area contributed by atoms with Crippen LogP contribution in [0.2, 0.25) is 10.0 Å². The monoisotopic (exact) mass is 325 g/mol. The molecule has 1 nitrogen and oxygen atoms in total. The van der Waals surface area contributed by atoms with Crippen molar-refractivity contribution in [3.05, 3.63) is 55.9 Å². The number of halogens is 2. The molecular formula is C16H17Cl2NS. The van der Waals surface area contributed by atoms with Gasteiger partial charge in [0.15, 0.2) is 0 Å². The molecule has 1 aliphatic carbocycles. The maximum Gasteiger partial charge on any atom is 0.0468 e. The Balaban J connectivity index is 2.08. The Hall–Kier alpha value is -0.410. The van der Waals surface area contributed by atoms with E-state index in [1.807, 2.05) is 6.07 Å². The third kappa shape index (κ3) is 2.80. The summed E-state index contributed by atoms with van der Waals surface area (Å²) in [6, 6.07) is 3.93.